The Morgan fingerprint density at radius 3 is 2.85 bits per heavy atom. The molecular weight excluding hydrogens is 162 g/mol. The summed E-state index contributed by atoms with van der Waals surface area (Å²) in [6, 6.07) is 0. The number of aryl methyl sites for hydroxylation is 2. The average molecular weight is 175 g/mol. The summed E-state index contributed by atoms with van der Waals surface area (Å²) in [6.07, 6.45) is 7.84. The van der Waals surface area contributed by atoms with Crippen molar-refractivity contribution in [1.82, 2.24) is 14.4 Å². The maximum Gasteiger partial charge on any atom is 0.233 e. The fourth-order valence-corrected chi connectivity index (χ4v) is 1.53. The van der Waals surface area contributed by atoms with E-state index in [2.05, 4.69) is 30.0 Å². The molecule has 0 spiro atoms. The van der Waals surface area contributed by atoms with E-state index < -0.39 is 0 Å². The molecule has 0 radical (unpaired) electrons. The first kappa shape index (κ1) is 8.23. The lowest BCUT2D eigenvalue weighted by Crippen LogP contribution is -1.99. The van der Waals surface area contributed by atoms with Crippen molar-refractivity contribution in [2.24, 2.45) is 0 Å². The largest absolute Gasteiger partial charge is 0.291 e. The van der Waals surface area contributed by atoms with Crippen molar-refractivity contribution in [3.63, 3.8) is 0 Å². The topological polar surface area (TPSA) is 30.2 Å². The predicted octanol–water partition coefficient (Wildman–Crippen LogP) is 1.85. The van der Waals surface area contributed by atoms with Crippen molar-refractivity contribution >= 4 is 5.78 Å². The van der Waals surface area contributed by atoms with Crippen molar-refractivity contribution in [1.29, 1.82) is 0 Å². The van der Waals surface area contributed by atoms with Crippen LogP contribution in [0.2, 0.25) is 0 Å². The van der Waals surface area contributed by atoms with Crippen LogP contribution in [0.25, 0.3) is 5.78 Å². The number of imidazole rings is 1. The molecule has 68 valence electrons. The maximum atomic E-state index is 4.48. The Hall–Kier alpha value is -1.38. The summed E-state index contributed by atoms with van der Waals surface area (Å²) in [5, 5.41) is 0. The van der Waals surface area contributed by atoms with Crippen LogP contribution >= 0.6 is 0 Å². The first-order chi connectivity index (χ1) is 6.35. The van der Waals surface area contributed by atoms with E-state index in [9.17, 15) is 0 Å². The SMILES string of the molecule is CCc1cn2ccnc2nc1CC. The van der Waals surface area contributed by atoms with Gasteiger partial charge in [0.2, 0.25) is 5.78 Å². The molecule has 0 fully saturated rings. The molecule has 2 heterocycles. The summed E-state index contributed by atoms with van der Waals surface area (Å²) in [7, 11) is 0. The van der Waals surface area contributed by atoms with Crippen LogP contribution in [0.5, 0.6) is 0 Å². The van der Waals surface area contributed by atoms with E-state index in [1.165, 1.54) is 11.3 Å². The number of rotatable bonds is 2. The van der Waals surface area contributed by atoms with Gasteiger partial charge in [-0.1, -0.05) is 13.8 Å². The van der Waals surface area contributed by atoms with Gasteiger partial charge in [0, 0.05) is 24.3 Å². The molecule has 3 nitrogen and oxygen atoms in total. The van der Waals surface area contributed by atoms with Gasteiger partial charge in [0.05, 0.1) is 0 Å². The van der Waals surface area contributed by atoms with Gasteiger partial charge in [-0.15, -0.1) is 0 Å². The average Bonchev–Trinajstić information content (AvgIpc) is 2.62. The zero-order valence-electron chi connectivity index (χ0n) is 7.99. The fourth-order valence-electron chi connectivity index (χ4n) is 1.53. The molecule has 0 amide bonds. The molecule has 0 unspecified atom stereocenters. The van der Waals surface area contributed by atoms with Crippen LogP contribution < -0.4 is 0 Å². The van der Waals surface area contributed by atoms with Gasteiger partial charge < -0.3 is 0 Å². The van der Waals surface area contributed by atoms with Crippen LogP contribution in [-0.4, -0.2) is 14.4 Å². The smallest absolute Gasteiger partial charge is 0.233 e. The third kappa shape index (κ3) is 1.30. The summed E-state index contributed by atoms with van der Waals surface area (Å²) in [5.74, 6) is 0.800. The number of aromatic nitrogens is 3. The van der Waals surface area contributed by atoms with Crippen LogP contribution in [-0.2, 0) is 12.8 Å². The molecule has 13 heavy (non-hydrogen) atoms. The van der Waals surface area contributed by atoms with Gasteiger partial charge in [-0.25, -0.2) is 9.97 Å². The second-order valence-corrected chi connectivity index (χ2v) is 3.05. The maximum absolute atomic E-state index is 4.48. The van der Waals surface area contributed by atoms with E-state index in [1.54, 1.807) is 6.20 Å². The molecule has 0 bridgehead atoms. The molecule has 0 aliphatic carbocycles. The monoisotopic (exact) mass is 175 g/mol. The first-order valence-electron chi connectivity index (χ1n) is 4.66. The molecule has 0 saturated heterocycles. The zero-order chi connectivity index (χ0) is 9.26. The van der Waals surface area contributed by atoms with Gasteiger partial charge in [-0.3, -0.25) is 4.40 Å². The van der Waals surface area contributed by atoms with E-state index in [1.807, 2.05) is 10.6 Å². The van der Waals surface area contributed by atoms with Crippen LogP contribution in [0.4, 0.5) is 0 Å². The lowest BCUT2D eigenvalue weighted by atomic mass is 10.1. The van der Waals surface area contributed by atoms with Crippen molar-refractivity contribution < 1.29 is 0 Å². The Morgan fingerprint density at radius 2 is 2.15 bits per heavy atom. The highest BCUT2D eigenvalue weighted by atomic mass is 15.1. The number of nitrogens with zero attached hydrogens (tertiary/aromatic N) is 3. The Bertz CT molecular complexity index is 379. The van der Waals surface area contributed by atoms with Gasteiger partial charge in [0.15, 0.2) is 0 Å². The van der Waals surface area contributed by atoms with E-state index in [4.69, 9.17) is 0 Å². The zero-order valence-corrected chi connectivity index (χ0v) is 7.99. The summed E-state index contributed by atoms with van der Waals surface area (Å²) in [5.41, 5.74) is 2.48. The molecule has 2 rings (SSSR count). The second-order valence-electron chi connectivity index (χ2n) is 3.05. The lowest BCUT2D eigenvalue weighted by molar-refractivity contribution is 0.925. The summed E-state index contributed by atoms with van der Waals surface area (Å²) >= 11 is 0. The van der Waals surface area contributed by atoms with E-state index in [0.29, 0.717) is 0 Å². The summed E-state index contributed by atoms with van der Waals surface area (Å²) < 4.78 is 1.97. The molecule has 0 aliphatic rings. The highest BCUT2D eigenvalue weighted by Gasteiger charge is 2.03. The van der Waals surface area contributed by atoms with Gasteiger partial charge in [0.1, 0.15) is 0 Å². The molecule has 0 aromatic carbocycles. The van der Waals surface area contributed by atoms with E-state index in [-0.39, 0.29) is 0 Å². The lowest BCUT2D eigenvalue weighted by Gasteiger charge is -2.04. The Balaban J connectivity index is 2.67. The standard InChI is InChI=1S/C10H13N3/c1-3-8-7-13-6-5-11-10(13)12-9(8)4-2/h5-7H,3-4H2,1-2H3. The number of hydrogen-bond acceptors (Lipinski definition) is 2. The van der Waals surface area contributed by atoms with Crippen molar-refractivity contribution in [2.45, 2.75) is 26.7 Å². The van der Waals surface area contributed by atoms with Crippen LogP contribution in [0.15, 0.2) is 18.6 Å². The highest BCUT2D eigenvalue weighted by Crippen LogP contribution is 2.09. The highest BCUT2D eigenvalue weighted by molar-refractivity contribution is 5.33. The summed E-state index contributed by atoms with van der Waals surface area (Å²) in [6.45, 7) is 4.28. The molecule has 0 aliphatic heterocycles. The molecular formula is C10H13N3. The van der Waals surface area contributed by atoms with Crippen molar-refractivity contribution in [3.05, 3.63) is 29.8 Å². The van der Waals surface area contributed by atoms with Crippen molar-refractivity contribution in [3.8, 4) is 0 Å². The Labute approximate surface area is 77.4 Å². The van der Waals surface area contributed by atoms with Gasteiger partial charge >= 0.3 is 0 Å². The molecule has 3 heteroatoms. The summed E-state index contributed by atoms with van der Waals surface area (Å²) in [4.78, 5) is 8.63. The minimum Gasteiger partial charge on any atom is -0.291 e. The van der Waals surface area contributed by atoms with Gasteiger partial charge in [-0.05, 0) is 18.4 Å². The fraction of sp³-hybridized carbons (Fsp3) is 0.400. The first-order valence-corrected chi connectivity index (χ1v) is 4.66. The second kappa shape index (κ2) is 3.17. The normalized spacial score (nSPS) is 10.9. The van der Waals surface area contributed by atoms with E-state index in [0.717, 1.165) is 18.6 Å². The quantitative estimate of drug-likeness (QED) is 0.697. The van der Waals surface area contributed by atoms with Crippen molar-refractivity contribution in [2.75, 3.05) is 0 Å². The van der Waals surface area contributed by atoms with Crippen LogP contribution in [0, 0.1) is 0 Å². The van der Waals surface area contributed by atoms with Gasteiger partial charge in [0.25, 0.3) is 0 Å². The predicted molar refractivity (Wildman–Crippen MR) is 51.7 cm³/mol. The number of fused-ring (bicyclic) bond motifs is 1. The van der Waals surface area contributed by atoms with Crippen LogP contribution in [0.3, 0.4) is 0 Å². The third-order valence-corrected chi connectivity index (χ3v) is 2.26. The van der Waals surface area contributed by atoms with E-state index >= 15 is 0 Å². The molecule has 2 aromatic heterocycles. The Morgan fingerprint density at radius 1 is 1.31 bits per heavy atom. The molecule has 0 atom stereocenters. The molecule has 0 N–H and O–H groups in total. The molecule has 0 saturated carbocycles. The Kier molecular flexibility index (Phi) is 2.00. The van der Waals surface area contributed by atoms with Crippen LogP contribution in [0.1, 0.15) is 25.1 Å². The van der Waals surface area contributed by atoms with Gasteiger partial charge in [-0.2, -0.15) is 0 Å². The minimum atomic E-state index is 0.800. The molecule has 2 aromatic rings. The minimum absolute atomic E-state index is 0.800. The number of hydrogen-bond donors (Lipinski definition) is 0. The third-order valence-electron chi connectivity index (χ3n) is 2.26.